The van der Waals surface area contributed by atoms with Crippen LogP contribution in [-0.4, -0.2) is 54.0 Å². The standard InChI is InChI=1S/C21H28N4O4S2/c1-28-14-11-22-21(30)23-19-15-18(9-10-20(19)25-12-3-4-13-25)31(26,27)24-16-5-7-17(29-2)8-6-16/h5-10,15,24H,3-4,11-14H2,1-2H3,(H2,22,23,30). The molecule has 0 atom stereocenters. The molecular formula is C21H28N4O4S2. The van der Waals surface area contributed by atoms with Crippen molar-refractivity contribution in [2.75, 3.05) is 55.4 Å². The first kappa shape index (κ1) is 23.1. The van der Waals surface area contributed by atoms with Gasteiger partial charge < -0.3 is 25.0 Å². The highest BCUT2D eigenvalue weighted by atomic mass is 32.2. The number of hydrogen-bond donors (Lipinski definition) is 3. The van der Waals surface area contributed by atoms with Gasteiger partial charge in [0.15, 0.2) is 5.11 Å². The Labute approximate surface area is 189 Å². The Morgan fingerprint density at radius 1 is 1.10 bits per heavy atom. The number of benzene rings is 2. The molecule has 168 valence electrons. The van der Waals surface area contributed by atoms with E-state index in [1.54, 1.807) is 50.6 Å². The van der Waals surface area contributed by atoms with Crippen molar-refractivity contribution in [3.8, 4) is 5.75 Å². The quantitative estimate of drug-likeness (QED) is 0.385. The van der Waals surface area contributed by atoms with Gasteiger partial charge in [-0.15, -0.1) is 0 Å². The summed E-state index contributed by atoms with van der Waals surface area (Å²) < 4.78 is 38.7. The minimum absolute atomic E-state index is 0.147. The summed E-state index contributed by atoms with van der Waals surface area (Å²) >= 11 is 5.38. The molecule has 2 aromatic rings. The molecule has 10 heteroatoms. The topological polar surface area (TPSA) is 91.9 Å². The van der Waals surface area contributed by atoms with Gasteiger partial charge in [-0.05, 0) is 67.5 Å². The molecule has 1 aliphatic heterocycles. The molecule has 1 fully saturated rings. The van der Waals surface area contributed by atoms with E-state index in [0.29, 0.717) is 35.4 Å². The molecule has 0 spiro atoms. The highest BCUT2D eigenvalue weighted by molar-refractivity contribution is 7.92. The van der Waals surface area contributed by atoms with Gasteiger partial charge in [0.25, 0.3) is 10.0 Å². The van der Waals surface area contributed by atoms with E-state index in [0.717, 1.165) is 31.6 Å². The van der Waals surface area contributed by atoms with Gasteiger partial charge in [-0.3, -0.25) is 4.72 Å². The van der Waals surface area contributed by atoms with Crippen LogP contribution in [0.4, 0.5) is 17.1 Å². The number of nitrogens with one attached hydrogen (secondary N) is 3. The summed E-state index contributed by atoms with van der Waals surface area (Å²) in [6, 6.07) is 11.8. The fourth-order valence-corrected chi connectivity index (χ4v) is 4.62. The summed E-state index contributed by atoms with van der Waals surface area (Å²) in [4.78, 5) is 2.38. The van der Waals surface area contributed by atoms with Crippen LogP contribution in [0.3, 0.4) is 0 Å². The second-order valence-electron chi connectivity index (χ2n) is 7.08. The maximum atomic E-state index is 13.0. The van der Waals surface area contributed by atoms with E-state index in [4.69, 9.17) is 21.7 Å². The van der Waals surface area contributed by atoms with E-state index in [2.05, 4.69) is 20.3 Å². The number of thiocarbonyl (C=S) groups is 1. The van der Waals surface area contributed by atoms with Gasteiger partial charge in [-0.1, -0.05) is 0 Å². The first-order valence-corrected chi connectivity index (χ1v) is 11.9. The second kappa shape index (κ2) is 10.7. The van der Waals surface area contributed by atoms with Crippen molar-refractivity contribution in [2.45, 2.75) is 17.7 Å². The summed E-state index contributed by atoms with van der Waals surface area (Å²) in [5, 5.41) is 6.62. The van der Waals surface area contributed by atoms with E-state index in [9.17, 15) is 8.42 Å². The van der Waals surface area contributed by atoms with E-state index in [-0.39, 0.29) is 4.90 Å². The van der Waals surface area contributed by atoms with Crippen molar-refractivity contribution in [3.63, 3.8) is 0 Å². The van der Waals surface area contributed by atoms with Crippen LogP contribution in [0.15, 0.2) is 47.4 Å². The molecule has 0 radical (unpaired) electrons. The third kappa shape index (κ3) is 6.22. The van der Waals surface area contributed by atoms with Crippen LogP contribution in [0.5, 0.6) is 5.75 Å². The number of sulfonamides is 1. The summed E-state index contributed by atoms with van der Waals surface area (Å²) in [6.07, 6.45) is 2.21. The van der Waals surface area contributed by atoms with Gasteiger partial charge in [-0.2, -0.15) is 0 Å². The smallest absolute Gasteiger partial charge is 0.261 e. The van der Waals surface area contributed by atoms with Gasteiger partial charge in [0.1, 0.15) is 5.75 Å². The van der Waals surface area contributed by atoms with Gasteiger partial charge in [0, 0.05) is 32.4 Å². The minimum atomic E-state index is -3.79. The Bertz CT molecular complexity index is 991. The van der Waals surface area contributed by atoms with Crippen LogP contribution in [0.1, 0.15) is 12.8 Å². The number of anilines is 3. The van der Waals surface area contributed by atoms with Gasteiger partial charge in [0.05, 0.1) is 30.0 Å². The van der Waals surface area contributed by atoms with Crippen LogP contribution in [-0.2, 0) is 14.8 Å². The molecule has 3 rings (SSSR count). The third-order valence-corrected chi connectivity index (χ3v) is 6.53. The normalized spacial score (nSPS) is 13.7. The number of nitrogens with zero attached hydrogens (tertiary/aromatic N) is 1. The van der Waals surface area contributed by atoms with Crippen LogP contribution < -0.4 is 25.0 Å². The molecule has 31 heavy (non-hydrogen) atoms. The van der Waals surface area contributed by atoms with Gasteiger partial charge >= 0.3 is 0 Å². The molecule has 0 bridgehead atoms. The fourth-order valence-electron chi connectivity index (χ4n) is 3.32. The molecule has 1 heterocycles. The van der Waals surface area contributed by atoms with Crippen molar-refractivity contribution in [3.05, 3.63) is 42.5 Å². The van der Waals surface area contributed by atoms with Gasteiger partial charge in [0.2, 0.25) is 0 Å². The lowest BCUT2D eigenvalue weighted by atomic mass is 10.2. The number of hydrogen-bond acceptors (Lipinski definition) is 6. The molecule has 3 N–H and O–H groups in total. The van der Waals surface area contributed by atoms with Crippen LogP contribution in [0.25, 0.3) is 0 Å². The molecule has 0 aromatic heterocycles. The minimum Gasteiger partial charge on any atom is -0.497 e. The van der Waals surface area contributed by atoms with Crippen LogP contribution >= 0.6 is 12.2 Å². The monoisotopic (exact) mass is 464 g/mol. The van der Waals surface area contributed by atoms with Crippen molar-refractivity contribution in [1.82, 2.24) is 5.32 Å². The zero-order valence-electron chi connectivity index (χ0n) is 17.7. The predicted octanol–water partition coefficient (Wildman–Crippen LogP) is 3.03. The first-order valence-electron chi connectivity index (χ1n) is 10.0. The van der Waals surface area contributed by atoms with Gasteiger partial charge in [-0.25, -0.2) is 8.42 Å². The first-order chi connectivity index (χ1) is 14.9. The lowest BCUT2D eigenvalue weighted by Gasteiger charge is -2.23. The lowest BCUT2D eigenvalue weighted by molar-refractivity contribution is 0.204. The maximum Gasteiger partial charge on any atom is 0.261 e. The number of rotatable bonds is 9. The zero-order valence-corrected chi connectivity index (χ0v) is 19.3. The average Bonchev–Trinajstić information content (AvgIpc) is 3.29. The molecule has 0 unspecified atom stereocenters. The van der Waals surface area contributed by atoms with Crippen molar-refractivity contribution < 1.29 is 17.9 Å². The Morgan fingerprint density at radius 3 is 2.45 bits per heavy atom. The molecule has 0 amide bonds. The van der Waals surface area contributed by atoms with Crippen molar-refractivity contribution in [2.24, 2.45) is 0 Å². The molecule has 0 saturated carbocycles. The SMILES string of the molecule is COCCNC(=S)Nc1cc(S(=O)(=O)Nc2ccc(OC)cc2)ccc1N1CCCC1. The van der Waals surface area contributed by atoms with E-state index in [1.807, 2.05) is 6.07 Å². The number of ether oxygens (including phenoxy) is 2. The average molecular weight is 465 g/mol. The van der Waals surface area contributed by atoms with Crippen LogP contribution in [0, 0.1) is 0 Å². The van der Waals surface area contributed by atoms with E-state index < -0.39 is 10.0 Å². The fraction of sp³-hybridized carbons (Fsp3) is 0.381. The number of methoxy groups -OCH3 is 2. The largest absolute Gasteiger partial charge is 0.497 e. The maximum absolute atomic E-state index is 13.0. The second-order valence-corrected chi connectivity index (χ2v) is 9.17. The van der Waals surface area contributed by atoms with E-state index >= 15 is 0 Å². The molecular weight excluding hydrogens is 436 g/mol. The Balaban J connectivity index is 1.84. The molecule has 2 aromatic carbocycles. The van der Waals surface area contributed by atoms with Crippen LogP contribution in [0.2, 0.25) is 0 Å². The zero-order chi connectivity index (χ0) is 22.3. The lowest BCUT2D eigenvalue weighted by Crippen LogP contribution is -2.32. The molecule has 0 aliphatic carbocycles. The Hall–Kier alpha value is -2.56. The molecule has 1 saturated heterocycles. The highest BCUT2D eigenvalue weighted by Gasteiger charge is 2.21. The molecule has 8 nitrogen and oxygen atoms in total. The Morgan fingerprint density at radius 2 is 1.81 bits per heavy atom. The summed E-state index contributed by atoms with van der Waals surface area (Å²) in [6.45, 7) is 2.92. The van der Waals surface area contributed by atoms with Crippen molar-refractivity contribution >= 4 is 44.4 Å². The Kier molecular flexibility index (Phi) is 7.94. The summed E-state index contributed by atoms with van der Waals surface area (Å²) in [5.74, 6) is 0.652. The third-order valence-electron chi connectivity index (χ3n) is 4.91. The predicted molar refractivity (Wildman–Crippen MR) is 128 cm³/mol. The summed E-state index contributed by atoms with van der Waals surface area (Å²) in [5.41, 5.74) is 2.03. The highest BCUT2D eigenvalue weighted by Crippen LogP contribution is 2.32. The summed E-state index contributed by atoms with van der Waals surface area (Å²) in [7, 11) is -0.607. The molecule has 1 aliphatic rings. The van der Waals surface area contributed by atoms with Crippen molar-refractivity contribution in [1.29, 1.82) is 0 Å². The van der Waals surface area contributed by atoms with E-state index in [1.165, 1.54) is 0 Å².